The number of rotatable bonds is 7. The summed E-state index contributed by atoms with van der Waals surface area (Å²) in [6.07, 6.45) is 5.18. The minimum Gasteiger partial charge on any atom is -0.327 e. The highest BCUT2D eigenvalue weighted by atomic mass is 32.9. The van der Waals surface area contributed by atoms with Gasteiger partial charge in [0.05, 0.1) is 12.9 Å². The Balaban J connectivity index is 4.31. The molecule has 0 radical (unpaired) electrons. The van der Waals surface area contributed by atoms with E-state index in [0.29, 0.717) is 11.9 Å². The van der Waals surface area contributed by atoms with Crippen molar-refractivity contribution < 1.29 is 4.52 Å². The summed E-state index contributed by atoms with van der Waals surface area (Å²) < 4.78 is 5.58. The molecule has 0 aromatic heterocycles. The predicted octanol–water partition coefficient (Wildman–Crippen LogP) is 3.54. The second-order valence-electron chi connectivity index (χ2n) is 2.96. The Bertz CT molecular complexity index is 267. The molecule has 0 rings (SSSR count). The zero-order chi connectivity index (χ0) is 11.7. The first kappa shape index (κ1) is 15.2. The van der Waals surface area contributed by atoms with Crippen LogP contribution in [0.15, 0.2) is 17.3 Å². The molecule has 6 heteroatoms. The van der Waals surface area contributed by atoms with E-state index in [2.05, 4.69) is 23.9 Å². The number of aliphatic imine (C=N–C) groups is 1. The Kier molecular flexibility index (Phi) is 8.43. The van der Waals surface area contributed by atoms with E-state index in [-0.39, 0.29) is 0 Å². The van der Waals surface area contributed by atoms with Crippen molar-refractivity contribution in [1.82, 2.24) is 5.09 Å². The van der Waals surface area contributed by atoms with Crippen LogP contribution in [0.25, 0.3) is 0 Å². The predicted molar refractivity (Wildman–Crippen MR) is 75.1 cm³/mol. The van der Waals surface area contributed by atoms with Gasteiger partial charge in [-0.2, -0.15) is 0 Å². The van der Waals surface area contributed by atoms with Gasteiger partial charge in [-0.1, -0.05) is 31.3 Å². The maximum absolute atomic E-state index is 5.58. The van der Waals surface area contributed by atoms with Crippen molar-refractivity contribution in [3.05, 3.63) is 12.3 Å². The van der Waals surface area contributed by atoms with Crippen LogP contribution in [0.2, 0.25) is 0 Å². The minimum atomic E-state index is -2.00. The number of allylic oxidation sites excluding steroid dienone is 1. The first-order chi connectivity index (χ1) is 7.04. The summed E-state index contributed by atoms with van der Waals surface area (Å²) in [5.74, 6) is 0. The van der Waals surface area contributed by atoms with Crippen molar-refractivity contribution in [2.45, 2.75) is 32.9 Å². The fourth-order valence-electron chi connectivity index (χ4n) is 0.779. The molecule has 0 saturated heterocycles. The Morgan fingerprint density at radius 1 is 1.60 bits per heavy atom. The van der Waals surface area contributed by atoms with Crippen molar-refractivity contribution in [2.24, 2.45) is 4.99 Å². The fraction of sp³-hybridized carbons (Fsp3) is 0.667. The van der Waals surface area contributed by atoms with Gasteiger partial charge in [-0.3, -0.25) is 0 Å². The highest BCUT2D eigenvalue weighted by Gasteiger charge is 2.18. The number of nitrogens with zero attached hydrogens (tertiary/aromatic N) is 1. The van der Waals surface area contributed by atoms with Crippen molar-refractivity contribution in [3.63, 3.8) is 0 Å². The van der Waals surface area contributed by atoms with Crippen molar-refractivity contribution in [2.75, 3.05) is 6.61 Å². The van der Waals surface area contributed by atoms with Gasteiger partial charge in [-0.25, -0.2) is 4.99 Å². The van der Waals surface area contributed by atoms with Crippen LogP contribution in [0, 0.1) is 0 Å². The average molecular weight is 266 g/mol. The molecule has 3 nitrogen and oxygen atoms in total. The Labute approximate surface area is 102 Å². The second-order valence-corrected chi connectivity index (χ2v) is 10.0. The first-order valence-electron chi connectivity index (χ1n) is 4.87. The van der Waals surface area contributed by atoms with Crippen LogP contribution in [0.3, 0.4) is 0 Å². The summed E-state index contributed by atoms with van der Waals surface area (Å²) in [6.45, 7) is 8.71. The molecule has 0 bridgehead atoms. The lowest BCUT2D eigenvalue weighted by Gasteiger charge is -2.21. The van der Waals surface area contributed by atoms with Gasteiger partial charge in [0.2, 0.25) is 5.62 Å². The molecular weight excluding hydrogens is 247 g/mol. The SMILES string of the molecule is CC=CN=CNP(=S)(OCC)SC(C)C. The van der Waals surface area contributed by atoms with E-state index in [1.165, 1.54) is 0 Å². The summed E-state index contributed by atoms with van der Waals surface area (Å²) >= 11 is 7.11. The van der Waals surface area contributed by atoms with Crippen LogP contribution < -0.4 is 5.09 Å². The molecule has 0 aliphatic rings. The number of hydrogen-bond donors (Lipinski definition) is 1. The monoisotopic (exact) mass is 266 g/mol. The third-order valence-electron chi connectivity index (χ3n) is 1.17. The highest BCUT2D eigenvalue weighted by Crippen LogP contribution is 2.57. The average Bonchev–Trinajstić information content (AvgIpc) is 2.11. The quantitative estimate of drug-likeness (QED) is 0.434. The number of nitrogens with one attached hydrogen (secondary N) is 1. The second kappa shape index (κ2) is 8.34. The summed E-state index contributed by atoms with van der Waals surface area (Å²) in [4.78, 5) is 4.02. The van der Waals surface area contributed by atoms with Gasteiger partial charge >= 0.3 is 0 Å². The van der Waals surface area contributed by atoms with Gasteiger partial charge in [-0.05, 0) is 25.7 Å². The fourth-order valence-corrected chi connectivity index (χ4v) is 6.57. The number of hydrogen-bond acceptors (Lipinski definition) is 4. The highest BCUT2D eigenvalue weighted by molar-refractivity contribution is 8.69. The third-order valence-corrected chi connectivity index (χ3v) is 7.04. The zero-order valence-electron chi connectivity index (χ0n) is 9.64. The molecule has 1 N–H and O–H groups in total. The molecule has 1 atom stereocenters. The molecule has 0 heterocycles. The standard InChI is InChI=1S/C9H19N2OPS2/c1-5-7-10-8-11-13(14,12-6-2)15-9(3)4/h5,7-9H,6H2,1-4H3,(H,10,11,14). The molecule has 0 aliphatic heterocycles. The van der Waals surface area contributed by atoms with Crippen LogP contribution in [0.4, 0.5) is 0 Å². The van der Waals surface area contributed by atoms with E-state index in [4.69, 9.17) is 16.3 Å². The molecule has 0 aliphatic carbocycles. The molecule has 15 heavy (non-hydrogen) atoms. The van der Waals surface area contributed by atoms with Gasteiger partial charge < -0.3 is 9.61 Å². The van der Waals surface area contributed by atoms with Crippen molar-refractivity contribution >= 4 is 35.1 Å². The molecule has 0 aromatic rings. The lowest BCUT2D eigenvalue weighted by Crippen LogP contribution is -2.09. The molecule has 0 fully saturated rings. The van der Waals surface area contributed by atoms with E-state index in [0.717, 1.165) is 0 Å². The Hall–Kier alpha value is 0.170. The van der Waals surface area contributed by atoms with Gasteiger partial charge in [0, 0.05) is 11.4 Å². The van der Waals surface area contributed by atoms with E-state index < -0.39 is 5.62 Å². The Morgan fingerprint density at radius 3 is 2.73 bits per heavy atom. The maximum Gasteiger partial charge on any atom is 0.211 e. The summed E-state index contributed by atoms with van der Waals surface area (Å²) in [6, 6.07) is 0. The third kappa shape index (κ3) is 8.03. The van der Waals surface area contributed by atoms with Crippen LogP contribution >= 0.6 is 17.0 Å². The van der Waals surface area contributed by atoms with E-state index >= 15 is 0 Å². The van der Waals surface area contributed by atoms with Crippen LogP contribution in [0.5, 0.6) is 0 Å². The van der Waals surface area contributed by atoms with Gasteiger partial charge in [0.25, 0.3) is 0 Å². The van der Waals surface area contributed by atoms with E-state index in [1.807, 2.05) is 19.9 Å². The molecule has 88 valence electrons. The zero-order valence-corrected chi connectivity index (χ0v) is 12.2. The summed E-state index contributed by atoms with van der Waals surface area (Å²) in [5, 5.41) is 3.54. The topological polar surface area (TPSA) is 33.6 Å². The minimum absolute atomic E-state index is 0.449. The lowest BCUT2D eigenvalue weighted by molar-refractivity contribution is 0.383. The van der Waals surface area contributed by atoms with Gasteiger partial charge in [0.15, 0.2) is 0 Å². The summed E-state index contributed by atoms with van der Waals surface area (Å²) in [7, 11) is 0. The van der Waals surface area contributed by atoms with Gasteiger partial charge in [-0.15, -0.1) is 0 Å². The summed E-state index contributed by atoms with van der Waals surface area (Å²) in [5.41, 5.74) is -2.00. The first-order valence-corrected chi connectivity index (χ1v) is 9.08. The van der Waals surface area contributed by atoms with E-state index in [9.17, 15) is 0 Å². The molecule has 0 aromatic carbocycles. The molecule has 0 amide bonds. The van der Waals surface area contributed by atoms with E-state index in [1.54, 1.807) is 23.9 Å². The largest absolute Gasteiger partial charge is 0.327 e. The van der Waals surface area contributed by atoms with Crippen molar-refractivity contribution in [1.29, 1.82) is 0 Å². The molecular formula is C9H19N2OPS2. The normalized spacial score (nSPS) is 16.3. The van der Waals surface area contributed by atoms with Crippen LogP contribution in [-0.2, 0) is 16.3 Å². The molecule has 0 spiro atoms. The maximum atomic E-state index is 5.58. The molecule has 1 unspecified atom stereocenters. The van der Waals surface area contributed by atoms with Crippen LogP contribution in [0.1, 0.15) is 27.7 Å². The van der Waals surface area contributed by atoms with Crippen LogP contribution in [-0.4, -0.2) is 18.2 Å². The lowest BCUT2D eigenvalue weighted by atomic mass is 10.6. The smallest absolute Gasteiger partial charge is 0.211 e. The Morgan fingerprint density at radius 2 is 2.27 bits per heavy atom. The van der Waals surface area contributed by atoms with Gasteiger partial charge in [0.1, 0.15) is 0 Å². The van der Waals surface area contributed by atoms with Crippen molar-refractivity contribution in [3.8, 4) is 0 Å². The molecule has 0 saturated carbocycles.